The van der Waals surface area contributed by atoms with Crippen molar-refractivity contribution < 1.29 is 19.3 Å². The highest BCUT2D eigenvalue weighted by Crippen LogP contribution is 2.38. The highest BCUT2D eigenvalue weighted by molar-refractivity contribution is 7.18. The summed E-state index contributed by atoms with van der Waals surface area (Å²) in [7, 11) is 0. The Balaban J connectivity index is 1.31. The van der Waals surface area contributed by atoms with Crippen LogP contribution in [0.15, 0.2) is 36.4 Å². The molecule has 2 fully saturated rings. The van der Waals surface area contributed by atoms with Gasteiger partial charge in [-0.25, -0.2) is 9.97 Å². The van der Waals surface area contributed by atoms with E-state index >= 15 is 0 Å². The van der Waals surface area contributed by atoms with Crippen molar-refractivity contribution >= 4 is 34.1 Å². The molecule has 2 N–H and O–H groups in total. The summed E-state index contributed by atoms with van der Waals surface area (Å²) in [5.41, 5.74) is 3.72. The molecule has 8 nitrogen and oxygen atoms in total. The molecule has 4 aromatic rings. The lowest BCUT2D eigenvalue weighted by Crippen LogP contribution is -2.34. The van der Waals surface area contributed by atoms with Crippen LogP contribution in [0.25, 0.3) is 32.3 Å². The number of thiazole rings is 1. The summed E-state index contributed by atoms with van der Waals surface area (Å²) in [6.07, 6.45) is -1.67. The summed E-state index contributed by atoms with van der Waals surface area (Å²) in [6.45, 7) is 2.52. The number of imidazole rings is 1. The number of aryl methyl sites for hydroxylation is 1. The topological polar surface area (TPSA) is 102 Å². The zero-order valence-electron chi connectivity index (χ0n) is 17.0. The second-order valence-corrected chi connectivity index (χ2v) is 9.26. The van der Waals surface area contributed by atoms with E-state index in [-0.39, 0.29) is 24.9 Å². The first kappa shape index (κ1) is 20.1. The largest absolute Gasteiger partial charge is 0.456 e. The molecule has 10 heteroatoms. The average molecular weight is 471 g/mol. The summed E-state index contributed by atoms with van der Waals surface area (Å²) in [6, 6.07) is 12.1. The number of rotatable bonds is 4. The number of halogens is 1. The van der Waals surface area contributed by atoms with Gasteiger partial charge in [-0.3, -0.25) is 0 Å². The molecule has 0 radical (unpaired) electrons. The van der Waals surface area contributed by atoms with E-state index in [1.165, 1.54) is 0 Å². The standard InChI is InChI=1S/C22H19ClN4O4S/c1-10-19(32-21(24-10)11-5-3-2-4-6-11)16-12(23)7-13-20(26-16)27-22(25-13)31-15-9-30-17-14(28)8-29-18(15)17/h2-7,14-15,17-18,28H,8-9H2,1H3,(H,25,26,27)/t14-,15-,17-,18-/m1/s1. The Bertz CT molecular complexity index is 1290. The zero-order chi connectivity index (χ0) is 21.8. The number of nitrogens with zero attached hydrogens (tertiary/aromatic N) is 3. The number of fused-ring (bicyclic) bond motifs is 2. The lowest BCUT2D eigenvalue weighted by atomic mass is 10.1. The first-order valence-corrected chi connectivity index (χ1v) is 11.4. The van der Waals surface area contributed by atoms with Crippen molar-refractivity contribution in [2.75, 3.05) is 13.2 Å². The zero-order valence-corrected chi connectivity index (χ0v) is 18.6. The van der Waals surface area contributed by atoms with Gasteiger partial charge in [-0.2, -0.15) is 4.98 Å². The Kier molecular flexibility index (Phi) is 4.89. The molecule has 4 atom stereocenters. The molecule has 0 amide bonds. The average Bonchev–Trinajstić information content (AvgIpc) is 3.55. The molecule has 164 valence electrons. The second kappa shape index (κ2) is 7.79. The number of pyridine rings is 1. The van der Waals surface area contributed by atoms with Crippen LogP contribution in [0.1, 0.15) is 5.69 Å². The second-order valence-electron chi connectivity index (χ2n) is 7.85. The van der Waals surface area contributed by atoms with Crippen molar-refractivity contribution in [2.45, 2.75) is 31.3 Å². The van der Waals surface area contributed by atoms with Crippen molar-refractivity contribution in [3.63, 3.8) is 0 Å². The summed E-state index contributed by atoms with van der Waals surface area (Å²) < 4.78 is 17.2. The molecular formula is C22H19ClN4O4S. The van der Waals surface area contributed by atoms with Crippen LogP contribution in [-0.2, 0) is 9.47 Å². The van der Waals surface area contributed by atoms with Gasteiger partial charge in [0.25, 0.3) is 6.01 Å². The number of ether oxygens (including phenoxy) is 3. The number of nitrogens with one attached hydrogen (secondary N) is 1. The van der Waals surface area contributed by atoms with E-state index in [0.717, 1.165) is 21.1 Å². The van der Waals surface area contributed by atoms with Crippen LogP contribution in [0.3, 0.4) is 0 Å². The van der Waals surface area contributed by atoms with Crippen LogP contribution in [0, 0.1) is 6.92 Å². The molecule has 1 aromatic carbocycles. The third kappa shape index (κ3) is 3.37. The molecule has 2 aliphatic rings. The van der Waals surface area contributed by atoms with Crippen LogP contribution < -0.4 is 4.74 Å². The van der Waals surface area contributed by atoms with Gasteiger partial charge in [0.1, 0.15) is 29.0 Å². The Morgan fingerprint density at radius 2 is 1.94 bits per heavy atom. The fourth-order valence-electron chi connectivity index (χ4n) is 4.12. The fraction of sp³-hybridized carbons (Fsp3) is 0.318. The number of hydrogen-bond acceptors (Lipinski definition) is 8. The first-order valence-electron chi connectivity index (χ1n) is 10.2. The molecule has 2 saturated heterocycles. The number of hydrogen-bond donors (Lipinski definition) is 2. The van der Waals surface area contributed by atoms with Crippen LogP contribution in [0.2, 0.25) is 5.02 Å². The maximum absolute atomic E-state index is 9.91. The normalized spacial score (nSPS) is 24.8. The van der Waals surface area contributed by atoms with E-state index in [2.05, 4.69) is 9.97 Å². The van der Waals surface area contributed by atoms with Gasteiger partial charge >= 0.3 is 0 Å². The molecule has 0 aliphatic carbocycles. The van der Waals surface area contributed by atoms with Gasteiger partial charge in [0.2, 0.25) is 0 Å². The van der Waals surface area contributed by atoms with Crippen molar-refractivity contribution in [2.24, 2.45) is 0 Å². The third-order valence-corrected chi connectivity index (χ3v) is 7.18. The van der Waals surface area contributed by atoms with Crippen LogP contribution >= 0.6 is 22.9 Å². The summed E-state index contributed by atoms with van der Waals surface area (Å²) in [4.78, 5) is 17.9. The predicted molar refractivity (Wildman–Crippen MR) is 120 cm³/mol. The minimum Gasteiger partial charge on any atom is -0.456 e. The summed E-state index contributed by atoms with van der Waals surface area (Å²) in [5.74, 6) is 0. The molecular weight excluding hydrogens is 452 g/mol. The number of aromatic amines is 1. The number of benzene rings is 1. The number of aliphatic hydroxyl groups is 1. The minimum atomic E-state index is -0.629. The van der Waals surface area contributed by atoms with Gasteiger partial charge in [-0.05, 0) is 13.0 Å². The predicted octanol–water partition coefficient (Wildman–Crippen LogP) is 3.62. The van der Waals surface area contributed by atoms with Crippen molar-refractivity contribution in [1.29, 1.82) is 0 Å². The first-order chi connectivity index (χ1) is 15.6. The Morgan fingerprint density at radius 3 is 2.78 bits per heavy atom. The lowest BCUT2D eigenvalue weighted by molar-refractivity contribution is 0.00706. The SMILES string of the molecule is Cc1nc(-c2ccccc2)sc1-c1nc2nc(O[C@@H]3CO[C@H]4[C@@H]3OC[C@H]4O)[nH]c2cc1Cl. The third-order valence-electron chi connectivity index (χ3n) is 5.68. The van der Waals surface area contributed by atoms with Crippen LogP contribution in [-0.4, -0.2) is 62.7 Å². The van der Waals surface area contributed by atoms with Crippen molar-refractivity contribution in [1.82, 2.24) is 19.9 Å². The molecule has 0 spiro atoms. The maximum Gasteiger partial charge on any atom is 0.296 e. The molecule has 6 rings (SSSR count). The number of aromatic nitrogens is 4. The van der Waals surface area contributed by atoms with Gasteiger partial charge in [-0.15, -0.1) is 11.3 Å². The molecule has 32 heavy (non-hydrogen) atoms. The lowest BCUT2D eigenvalue weighted by Gasteiger charge is -2.15. The van der Waals surface area contributed by atoms with E-state index in [9.17, 15) is 5.11 Å². The van der Waals surface area contributed by atoms with E-state index in [1.807, 2.05) is 37.3 Å². The van der Waals surface area contributed by atoms with Crippen molar-refractivity contribution in [3.05, 3.63) is 47.1 Å². The molecule has 0 saturated carbocycles. The molecule has 5 heterocycles. The number of H-pyrrole nitrogens is 1. The summed E-state index contributed by atoms with van der Waals surface area (Å²) >= 11 is 8.14. The van der Waals surface area contributed by atoms with Gasteiger partial charge in [0, 0.05) is 5.56 Å². The van der Waals surface area contributed by atoms with Gasteiger partial charge in [0.15, 0.2) is 11.8 Å². The van der Waals surface area contributed by atoms with E-state index in [4.69, 9.17) is 35.8 Å². The van der Waals surface area contributed by atoms with Crippen LogP contribution in [0.5, 0.6) is 6.01 Å². The molecule has 0 bridgehead atoms. The smallest absolute Gasteiger partial charge is 0.296 e. The van der Waals surface area contributed by atoms with Crippen LogP contribution in [0.4, 0.5) is 0 Å². The maximum atomic E-state index is 9.91. The Labute approximate surface area is 192 Å². The monoisotopic (exact) mass is 470 g/mol. The number of aliphatic hydroxyl groups excluding tert-OH is 1. The van der Waals surface area contributed by atoms with Gasteiger partial charge < -0.3 is 24.3 Å². The quantitative estimate of drug-likeness (QED) is 0.469. The Morgan fingerprint density at radius 1 is 1.12 bits per heavy atom. The summed E-state index contributed by atoms with van der Waals surface area (Å²) in [5, 5.41) is 11.3. The minimum absolute atomic E-state index is 0.245. The Hall–Kier alpha value is -2.56. The highest BCUT2D eigenvalue weighted by atomic mass is 35.5. The fourth-order valence-corrected chi connectivity index (χ4v) is 5.50. The molecule has 0 unspecified atom stereocenters. The van der Waals surface area contributed by atoms with E-state index < -0.39 is 6.10 Å². The van der Waals surface area contributed by atoms with Gasteiger partial charge in [0.05, 0.1) is 34.3 Å². The van der Waals surface area contributed by atoms with E-state index in [1.54, 1.807) is 17.4 Å². The van der Waals surface area contributed by atoms with Crippen molar-refractivity contribution in [3.8, 4) is 27.2 Å². The molecule has 3 aromatic heterocycles. The molecule has 2 aliphatic heterocycles. The van der Waals surface area contributed by atoms with Gasteiger partial charge in [-0.1, -0.05) is 41.9 Å². The van der Waals surface area contributed by atoms with E-state index in [0.29, 0.717) is 34.5 Å². The highest BCUT2D eigenvalue weighted by Gasteiger charge is 2.48.